The molecular formula is C20H19F2N7O. The van der Waals surface area contributed by atoms with Gasteiger partial charge in [-0.3, -0.25) is 4.40 Å². The zero-order chi connectivity index (χ0) is 21.3. The number of rotatable bonds is 5. The number of aromatic nitrogens is 3. The highest BCUT2D eigenvalue weighted by Gasteiger charge is 2.17. The van der Waals surface area contributed by atoms with Crippen molar-refractivity contribution in [2.75, 3.05) is 30.8 Å². The number of carbonyl (C=O) groups excluding carboxylic acids is 1. The van der Waals surface area contributed by atoms with Crippen LogP contribution in [0.1, 0.15) is 0 Å². The molecule has 10 heteroatoms. The van der Waals surface area contributed by atoms with Crippen molar-refractivity contribution in [3.63, 3.8) is 0 Å². The average molecular weight is 411 g/mol. The fourth-order valence-corrected chi connectivity index (χ4v) is 3.16. The molecule has 2 aromatic carbocycles. The Labute approximate surface area is 170 Å². The quantitative estimate of drug-likeness (QED) is 0.404. The van der Waals surface area contributed by atoms with Gasteiger partial charge in [-0.05, 0) is 12.1 Å². The van der Waals surface area contributed by atoms with Crippen molar-refractivity contribution in [3.05, 3.63) is 54.2 Å². The number of hydrogen-bond acceptors (Lipinski definition) is 5. The lowest BCUT2D eigenvalue weighted by molar-refractivity contribution is 0.254. The van der Waals surface area contributed by atoms with Crippen LogP contribution in [0.3, 0.4) is 0 Å². The maximum atomic E-state index is 14.0. The second kappa shape index (κ2) is 7.91. The van der Waals surface area contributed by atoms with E-state index in [4.69, 9.17) is 5.73 Å². The maximum absolute atomic E-state index is 14.0. The smallest absolute Gasteiger partial charge is 0.318 e. The van der Waals surface area contributed by atoms with Crippen LogP contribution < -0.4 is 21.7 Å². The Morgan fingerprint density at radius 3 is 2.60 bits per heavy atom. The van der Waals surface area contributed by atoms with Crippen LogP contribution in [0, 0.1) is 11.6 Å². The summed E-state index contributed by atoms with van der Waals surface area (Å²) in [7, 11) is 1.53. The van der Waals surface area contributed by atoms with Crippen LogP contribution in [-0.2, 0) is 0 Å². The van der Waals surface area contributed by atoms with Crippen molar-refractivity contribution in [3.8, 4) is 11.3 Å². The molecule has 2 amide bonds. The number of benzene rings is 2. The number of hydrogen-bond donors (Lipinski definition) is 4. The summed E-state index contributed by atoms with van der Waals surface area (Å²) in [4.78, 5) is 20.3. The van der Waals surface area contributed by atoms with Gasteiger partial charge in [-0.15, -0.1) is 0 Å². The highest BCUT2D eigenvalue weighted by atomic mass is 19.2. The summed E-state index contributed by atoms with van der Waals surface area (Å²) in [5.74, 6) is -1.54. The third-order valence-electron chi connectivity index (χ3n) is 4.57. The lowest BCUT2D eigenvalue weighted by atomic mass is 10.1. The fraction of sp³-hybridized carbons (Fsp3) is 0.150. The zero-order valence-electron chi connectivity index (χ0n) is 16.0. The van der Waals surface area contributed by atoms with E-state index < -0.39 is 11.6 Å². The number of nitrogens with one attached hydrogen (secondary N) is 3. The minimum atomic E-state index is -0.981. The molecule has 0 aliphatic heterocycles. The molecule has 0 fully saturated rings. The number of halogens is 2. The molecule has 0 saturated carbocycles. The molecule has 4 rings (SSSR count). The normalized spacial score (nSPS) is 11.1. The van der Waals surface area contributed by atoms with E-state index in [2.05, 4.69) is 25.9 Å². The fourth-order valence-electron chi connectivity index (χ4n) is 3.16. The summed E-state index contributed by atoms with van der Waals surface area (Å²) < 4.78 is 29.6. The van der Waals surface area contributed by atoms with Crippen molar-refractivity contribution >= 4 is 34.2 Å². The largest absolute Gasteiger partial charge is 0.366 e. The van der Waals surface area contributed by atoms with Crippen molar-refractivity contribution in [2.24, 2.45) is 5.73 Å². The van der Waals surface area contributed by atoms with E-state index in [0.29, 0.717) is 41.5 Å². The van der Waals surface area contributed by atoms with E-state index in [-0.39, 0.29) is 11.5 Å². The monoisotopic (exact) mass is 411 g/mol. The van der Waals surface area contributed by atoms with E-state index >= 15 is 0 Å². The van der Waals surface area contributed by atoms with Gasteiger partial charge >= 0.3 is 6.03 Å². The molecule has 0 atom stereocenters. The third-order valence-corrected chi connectivity index (χ3v) is 4.57. The number of anilines is 2. The molecular weight excluding hydrogens is 392 g/mol. The van der Waals surface area contributed by atoms with E-state index in [1.807, 2.05) is 0 Å². The van der Waals surface area contributed by atoms with E-state index in [9.17, 15) is 13.6 Å². The predicted molar refractivity (Wildman–Crippen MR) is 111 cm³/mol. The van der Waals surface area contributed by atoms with Crippen LogP contribution >= 0.6 is 0 Å². The average Bonchev–Trinajstić information content (AvgIpc) is 3.19. The SMILES string of the molecule is CNC(=O)Nc1ccc(-c2cnc3c(NCCN)nc4cc(F)c(F)cc4n23)cc1. The summed E-state index contributed by atoms with van der Waals surface area (Å²) in [5, 5.41) is 8.24. The van der Waals surface area contributed by atoms with Crippen LogP contribution in [-0.4, -0.2) is 40.5 Å². The van der Waals surface area contributed by atoms with Crippen LogP contribution in [0.25, 0.3) is 27.9 Å². The molecule has 0 unspecified atom stereocenters. The molecule has 154 valence electrons. The van der Waals surface area contributed by atoms with Crippen LogP contribution in [0.4, 0.5) is 25.1 Å². The number of fused-ring (bicyclic) bond motifs is 3. The van der Waals surface area contributed by atoms with E-state index in [1.165, 1.54) is 7.05 Å². The zero-order valence-corrected chi connectivity index (χ0v) is 16.0. The standard InChI is InChI=1S/C20H19F2N7O/c1-24-20(30)27-12-4-2-11(3-5-12)17-10-26-19-18(25-7-6-23)28-15-8-13(21)14(22)9-16(15)29(17)19/h2-5,8-10H,6-7,23H2,1H3,(H,25,28)(H2,24,27,30). The number of amides is 2. The summed E-state index contributed by atoms with van der Waals surface area (Å²) in [6.07, 6.45) is 1.63. The van der Waals surface area contributed by atoms with Gasteiger partial charge in [0, 0.05) is 43.5 Å². The van der Waals surface area contributed by atoms with E-state index in [1.54, 1.807) is 34.9 Å². The molecule has 2 heterocycles. The van der Waals surface area contributed by atoms with Gasteiger partial charge in [-0.1, -0.05) is 12.1 Å². The Morgan fingerprint density at radius 1 is 1.17 bits per heavy atom. The molecule has 30 heavy (non-hydrogen) atoms. The first-order valence-electron chi connectivity index (χ1n) is 9.21. The third kappa shape index (κ3) is 3.48. The molecule has 4 aromatic rings. The number of imidazole rings is 1. The number of nitrogens with two attached hydrogens (primary N) is 1. The first-order chi connectivity index (χ1) is 14.5. The molecule has 0 aliphatic carbocycles. The van der Waals surface area contributed by atoms with Gasteiger partial charge < -0.3 is 21.7 Å². The Balaban J connectivity index is 1.89. The Morgan fingerprint density at radius 2 is 1.90 bits per heavy atom. The second-order valence-corrected chi connectivity index (χ2v) is 6.51. The molecule has 8 nitrogen and oxygen atoms in total. The minimum Gasteiger partial charge on any atom is -0.366 e. The Hall–Kier alpha value is -3.79. The highest BCUT2D eigenvalue weighted by Crippen LogP contribution is 2.30. The second-order valence-electron chi connectivity index (χ2n) is 6.51. The number of urea groups is 1. The van der Waals surface area contributed by atoms with Crippen molar-refractivity contribution in [1.82, 2.24) is 19.7 Å². The van der Waals surface area contributed by atoms with Gasteiger partial charge in [0.25, 0.3) is 0 Å². The van der Waals surface area contributed by atoms with E-state index in [0.717, 1.165) is 17.7 Å². The molecule has 0 saturated heterocycles. The number of carbonyl (C=O) groups is 1. The van der Waals surface area contributed by atoms with Gasteiger partial charge in [0.05, 0.1) is 22.9 Å². The van der Waals surface area contributed by atoms with Crippen molar-refractivity contribution < 1.29 is 13.6 Å². The maximum Gasteiger partial charge on any atom is 0.318 e. The summed E-state index contributed by atoms with van der Waals surface area (Å²) in [5.41, 5.74) is 8.72. The van der Waals surface area contributed by atoms with Gasteiger partial charge in [0.15, 0.2) is 23.1 Å². The van der Waals surface area contributed by atoms with Crippen molar-refractivity contribution in [1.29, 1.82) is 0 Å². The van der Waals surface area contributed by atoms with Crippen molar-refractivity contribution in [2.45, 2.75) is 0 Å². The molecule has 0 bridgehead atoms. The summed E-state index contributed by atoms with van der Waals surface area (Å²) >= 11 is 0. The Kier molecular flexibility index (Phi) is 5.15. The van der Waals surface area contributed by atoms with Gasteiger partial charge in [0.1, 0.15) is 0 Å². The van der Waals surface area contributed by atoms with Crippen LogP contribution in [0.15, 0.2) is 42.6 Å². The summed E-state index contributed by atoms with van der Waals surface area (Å²) in [6, 6.07) is 8.90. The molecule has 5 N–H and O–H groups in total. The highest BCUT2D eigenvalue weighted by molar-refractivity contribution is 5.90. The minimum absolute atomic E-state index is 0.276. The Bertz CT molecular complexity index is 1240. The van der Waals surface area contributed by atoms with Crippen LogP contribution in [0.5, 0.6) is 0 Å². The molecule has 2 aromatic heterocycles. The van der Waals surface area contributed by atoms with Gasteiger partial charge in [-0.25, -0.2) is 23.5 Å². The lowest BCUT2D eigenvalue weighted by Gasteiger charge is -2.12. The predicted octanol–water partition coefficient (Wildman–Crippen LogP) is 2.95. The van der Waals surface area contributed by atoms with Gasteiger partial charge in [0.2, 0.25) is 0 Å². The lowest BCUT2D eigenvalue weighted by Crippen LogP contribution is -2.24. The number of nitrogens with zero attached hydrogens (tertiary/aromatic N) is 3. The first kappa shape index (κ1) is 19.5. The first-order valence-corrected chi connectivity index (χ1v) is 9.21. The van der Waals surface area contributed by atoms with Crippen LogP contribution in [0.2, 0.25) is 0 Å². The molecule has 0 spiro atoms. The molecule has 0 aliphatic rings. The van der Waals surface area contributed by atoms with Gasteiger partial charge in [-0.2, -0.15) is 0 Å². The topological polar surface area (TPSA) is 109 Å². The molecule has 0 radical (unpaired) electrons. The summed E-state index contributed by atoms with van der Waals surface area (Å²) in [6.45, 7) is 0.816.